The van der Waals surface area contributed by atoms with Crippen molar-refractivity contribution in [1.82, 2.24) is 14.9 Å². The van der Waals surface area contributed by atoms with Gasteiger partial charge in [0.25, 0.3) is 5.91 Å². The van der Waals surface area contributed by atoms with Gasteiger partial charge in [-0.3, -0.25) is 4.79 Å². The second kappa shape index (κ2) is 9.90. The number of ether oxygens (including phenoxy) is 2. The average Bonchev–Trinajstić information content (AvgIpc) is 3.29. The average molecular weight is 438 g/mol. The van der Waals surface area contributed by atoms with Crippen molar-refractivity contribution < 1.29 is 14.3 Å². The minimum absolute atomic E-state index is 0.00569. The lowest BCUT2D eigenvalue weighted by atomic mass is 10.1. The summed E-state index contributed by atoms with van der Waals surface area (Å²) in [6, 6.07) is 16.5. The normalized spacial score (nSPS) is 15.8. The lowest BCUT2D eigenvalue weighted by Gasteiger charge is -2.24. The van der Waals surface area contributed by atoms with Crippen LogP contribution in [0.4, 0.5) is 0 Å². The van der Waals surface area contributed by atoms with Crippen molar-refractivity contribution in [3.05, 3.63) is 77.1 Å². The molecule has 1 amide bonds. The van der Waals surface area contributed by atoms with E-state index in [4.69, 9.17) is 26.1 Å². The monoisotopic (exact) mass is 437 g/mol. The third-order valence-electron chi connectivity index (χ3n) is 5.27. The molecule has 0 saturated carbocycles. The number of likely N-dealkylation sites (tertiary alicyclic amines) is 1. The van der Waals surface area contributed by atoms with Gasteiger partial charge in [0.1, 0.15) is 12.4 Å². The number of carbonyl (C=O) groups is 1. The molecule has 0 unspecified atom stereocenters. The highest BCUT2D eigenvalue weighted by Crippen LogP contribution is 2.33. The summed E-state index contributed by atoms with van der Waals surface area (Å²) < 4.78 is 10.6. The third kappa shape index (κ3) is 5.03. The smallest absolute Gasteiger partial charge is 0.254 e. The quantitative estimate of drug-likeness (QED) is 0.497. The minimum atomic E-state index is -0.0777. The van der Waals surface area contributed by atoms with E-state index in [0.717, 1.165) is 24.1 Å². The van der Waals surface area contributed by atoms with E-state index in [1.165, 1.54) is 0 Å². The highest BCUT2D eigenvalue weighted by Gasteiger charge is 2.31. The van der Waals surface area contributed by atoms with Crippen LogP contribution >= 0.6 is 11.6 Å². The van der Waals surface area contributed by atoms with Gasteiger partial charge < -0.3 is 14.4 Å². The van der Waals surface area contributed by atoms with Crippen molar-refractivity contribution in [3.63, 3.8) is 0 Å². The Morgan fingerprint density at radius 2 is 2.00 bits per heavy atom. The Hall–Kier alpha value is -2.96. The predicted octanol–water partition coefficient (Wildman–Crippen LogP) is 4.80. The number of carbonyl (C=O) groups excluding carboxylic acids is 1. The number of benzene rings is 2. The van der Waals surface area contributed by atoms with Crippen LogP contribution in [0.3, 0.4) is 0 Å². The largest absolute Gasteiger partial charge is 0.491 e. The molecule has 1 aliphatic heterocycles. The van der Waals surface area contributed by atoms with E-state index in [1.807, 2.05) is 47.4 Å². The Morgan fingerprint density at radius 3 is 2.77 bits per heavy atom. The number of hydrogen-bond donors (Lipinski definition) is 0. The summed E-state index contributed by atoms with van der Waals surface area (Å²) in [6.07, 6.45) is 3.55. The molecule has 1 fully saturated rings. The molecule has 0 N–H and O–H groups in total. The van der Waals surface area contributed by atoms with Crippen LogP contribution in [0.15, 0.2) is 60.8 Å². The molecule has 3 aromatic rings. The molecule has 7 heteroatoms. The van der Waals surface area contributed by atoms with Crippen molar-refractivity contribution >= 4 is 17.5 Å². The lowest BCUT2D eigenvalue weighted by molar-refractivity contribution is 0.0733. The minimum Gasteiger partial charge on any atom is -0.491 e. The van der Waals surface area contributed by atoms with E-state index in [-0.39, 0.29) is 11.9 Å². The fraction of sp³-hybridized carbons (Fsp3) is 0.292. The van der Waals surface area contributed by atoms with Crippen LogP contribution in [0.2, 0.25) is 5.02 Å². The summed E-state index contributed by atoms with van der Waals surface area (Å²) in [5, 5.41) is 0.638. The Morgan fingerprint density at radius 1 is 1.16 bits per heavy atom. The molecular weight excluding hydrogens is 414 g/mol. The van der Waals surface area contributed by atoms with Crippen molar-refractivity contribution in [1.29, 1.82) is 0 Å². The molecule has 1 aliphatic rings. The van der Waals surface area contributed by atoms with E-state index in [2.05, 4.69) is 4.98 Å². The Balaban J connectivity index is 1.51. The first kappa shape index (κ1) is 21.3. The van der Waals surface area contributed by atoms with E-state index < -0.39 is 0 Å². The maximum absolute atomic E-state index is 13.2. The first-order valence-electron chi connectivity index (χ1n) is 10.3. The second-order valence-electron chi connectivity index (χ2n) is 7.34. The van der Waals surface area contributed by atoms with Crippen molar-refractivity contribution in [3.8, 4) is 17.1 Å². The van der Waals surface area contributed by atoms with Gasteiger partial charge in [-0.05, 0) is 55.3 Å². The summed E-state index contributed by atoms with van der Waals surface area (Å²) in [7, 11) is 1.63. The van der Waals surface area contributed by atoms with Gasteiger partial charge in [0, 0.05) is 36.0 Å². The Bertz CT molecular complexity index is 1040. The van der Waals surface area contributed by atoms with Gasteiger partial charge in [-0.15, -0.1) is 0 Å². The van der Waals surface area contributed by atoms with Gasteiger partial charge in [-0.2, -0.15) is 0 Å². The fourth-order valence-electron chi connectivity index (χ4n) is 3.74. The van der Waals surface area contributed by atoms with Crippen LogP contribution in [0.25, 0.3) is 11.4 Å². The summed E-state index contributed by atoms with van der Waals surface area (Å²) in [5.41, 5.74) is 2.33. The molecule has 0 bridgehead atoms. The molecule has 31 heavy (non-hydrogen) atoms. The number of methoxy groups -OCH3 is 1. The zero-order valence-corrected chi connectivity index (χ0v) is 18.1. The van der Waals surface area contributed by atoms with E-state index in [0.29, 0.717) is 41.9 Å². The van der Waals surface area contributed by atoms with Gasteiger partial charge in [0.05, 0.1) is 18.3 Å². The van der Waals surface area contributed by atoms with Gasteiger partial charge in [0.2, 0.25) is 0 Å². The molecule has 1 saturated heterocycles. The molecule has 4 rings (SSSR count). The van der Waals surface area contributed by atoms with E-state index >= 15 is 0 Å². The molecule has 1 atom stereocenters. The van der Waals surface area contributed by atoms with E-state index in [9.17, 15) is 4.79 Å². The van der Waals surface area contributed by atoms with Crippen LogP contribution in [0, 0.1) is 0 Å². The number of halogens is 1. The Kier molecular flexibility index (Phi) is 6.79. The second-order valence-corrected chi connectivity index (χ2v) is 7.77. The first-order chi connectivity index (χ1) is 15.2. The molecule has 6 nitrogen and oxygen atoms in total. The van der Waals surface area contributed by atoms with Crippen molar-refractivity contribution in [2.45, 2.75) is 18.9 Å². The highest BCUT2D eigenvalue weighted by molar-refractivity contribution is 6.30. The molecule has 160 valence electrons. The first-order valence-corrected chi connectivity index (χ1v) is 10.6. The summed E-state index contributed by atoms with van der Waals surface area (Å²) in [6.45, 7) is 1.69. The van der Waals surface area contributed by atoms with Gasteiger partial charge in [-0.1, -0.05) is 23.7 Å². The van der Waals surface area contributed by atoms with Crippen LogP contribution in [-0.4, -0.2) is 47.6 Å². The van der Waals surface area contributed by atoms with Crippen LogP contribution < -0.4 is 4.74 Å². The summed E-state index contributed by atoms with van der Waals surface area (Å²) in [5.74, 6) is 1.32. The zero-order chi connectivity index (χ0) is 21.6. The van der Waals surface area contributed by atoms with Crippen molar-refractivity contribution in [2.24, 2.45) is 0 Å². The molecule has 0 aliphatic carbocycles. The number of rotatable bonds is 7. The molecule has 1 aromatic heterocycles. The summed E-state index contributed by atoms with van der Waals surface area (Å²) in [4.78, 5) is 24.2. The number of nitrogens with zero attached hydrogens (tertiary/aromatic N) is 3. The number of amides is 1. The zero-order valence-electron chi connectivity index (χ0n) is 17.3. The maximum Gasteiger partial charge on any atom is 0.254 e. The van der Waals surface area contributed by atoms with Gasteiger partial charge in [0.15, 0.2) is 5.82 Å². The van der Waals surface area contributed by atoms with Crippen LogP contribution in [0.1, 0.15) is 34.9 Å². The summed E-state index contributed by atoms with van der Waals surface area (Å²) >= 11 is 6.12. The maximum atomic E-state index is 13.2. The molecule has 0 spiro atoms. The molecule has 0 radical (unpaired) electrons. The molecular formula is C24H24ClN3O3. The number of hydrogen-bond acceptors (Lipinski definition) is 5. The standard InChI is InChI=1S/C24H24ClN3O3/c1-30-14-15-31-20-9-7-17(8-10-20)24(29)28-13-3-6-22(28)21-11-12-26-23(27-21)18-4-2-5-19(25)16-18/h2,4-5,7-12,16,22H,3,6,13-15H2,1H3/t22-/m1/s1. The SMILES string of the molecule is COCCOc1ccc(C(=O)N2CCC[C@@H]2c2ccnc(-c3cccc(Cl)c3)n2)cc1. The van der Waals surface area contributed by atoms with Crippen LogP contribution in [-0.2, 0) is 4.74 Å². The molecule has 2 heterocycles. The van der Waals surface area contributed by atoms with Crippen molar-refractivity contribution in [2.75, 3.05) is 26.9 Å². The van der Waals surface area contributed by atoms with Crippen LogP contribution in [0.5, 0.6) is 5.75 Å². The topological polar surface area (TPSA) is 64.6 Å². The van der Waals surface area contributed by atoms with E-state index in [1.54, 1.807) is 25.4 Å². The fourth-order valence-corrected chi connectivity index (χ4v) is 3.93. The third-order valence-corrected chi connectivity index (χ3v) is 5.51. The predicted molar refractivity (Wildman–Crippen MR) is 119 cm³/mol. The highest BCUT2D eigenvalue weighted by atomic mass is 35.5. The van der Waals surface area contributed by atoms with Gasteiger partial charge in [-0.25, -0.2) is 9.97 Å². The lowest BCUT2D eigenvalue weighted by Crippen LogP contribution is -2.31. The molecule has 2 aromatic carbocycles. The number of aromatic nitrogens is 2. The Labute approximate surface area is 186 Å². The van der Waals surface area contributed by atoms with Gasteiger partial charge >= 0.3 is 0 Å².